The number of ether oxygens (including phenoxy) is 3. The highest BCUT2D eigenvalue weighted by Gasteiger charge is 2.15. The van der Waals surface area contributed by atoms with Crippen molar-refractivity contribution in [3.8, 4) is 11.5 Å². The maximum Gasteiger partial charge on any atom is 0.328 e. The fourth-order valence-electron chi connectivity index (χ4n) is 1.83. The van der Waals surface area contributed by atoms with Gasteiger partial charge in [-0.25, -0.2) is 4.79 Å². The van der Waals surface area contributed by atoms with Gasteiger partial charge in [-0.05, 0) is 26.0 Å². The van der Waals surface area contributed by atoms with Crippen molar-refractivity contribution in [1.82, 2.24) is 0 Å². The molecule has 1 atom stereocenters. The van der Waals surface area contributed by atoms with E-state index in [1.807, 2.05) is 18.2 Å². The van der Waals surface area contributed by atoms with Gasteiger partial charge in [0.25, 0.3) is 0 Å². The average Bonchev–Trinajstić information content (AvgIpc) is 2.63. The van der Waals surface area contributed by atoms with E-state index in [1.54, 1.807) is 13.8 Å². The number of esters is 1. The number of nitrogens with one attached hydrogen (secondary N) is 1. The second-order valence-electron chi connectivity index (χ2n) is 4.33. The number of hydrogen-bond acceptors (Lipinski definition) is 5. The molecule has 0 aliphatic carbocycles. The molecule has 0 bridgehead atoms. The Hall–Kier alpha value is -1.91. The highest BCUT2D eigenvalue weighted by Crippen LogP contribution is 2.32. The van der Waals surface area contributed by atoms with Gasteiger partial charge in [-0.3, -0.25) is 0 Å². The van der Waals surface area contributed by atoms with Gasteiger partial charge >= 0.3 is 5.97 Å². The van der Waals surface area contributed by atoms with Crippen LogP contribution in [0.4, 0.5) is 5.69 Å². The van der Waals surface area contributed by atoms with Gasteiger partial charge in [-0.1, -0.05) is 0 Å². The first kappa shape index (κ1) is 13.5. The summed E-state index contributed by atoms with van der Waals surface area (Å²) in [4.78, 5) is 11.6. The van der Waals surface area contributed by atoms with E-state index < -0.39 is 6.04 Å². The van der Waals surface area contributed by atoms with Crippen molar-refractivity contribution in [3.63, 3.8) is 0 Å². The predicted molar refractivity (Wildman–Crippen MR) is 71.8 cm³/mol. The minimum atomic E-state index is -0.398. The van der Waals surface area contributed by atoms with Crippen molar-refractivity contribution in [3.05, 3.63) is 18.2 Å². The number of carbonyl (C=O) groups is 1. The lowest BCUT2D eigenvalue weighted by atomic mass is 10.2. The number of benzene rings is 1. The van der Waals surface area contributed by atoms with Crippen molar-refractivity contribution >= 4 is 11.7 Å². The first-order valence-corrected chi connectivity index (χ1v) is 6.53. The van der Waals surface area contributed by atoms with E-state index in [0.29, 0.717) is 25.6 Å². The number of rotatable bonds is 4. The third-order valence-corrected chi connectivity index (χ3v) is 2.77. The summed E-state index contributed by atoms with van der Waals surface area (Å²) >= 11 is 0. The molecule has 0 amide bonds. The Morgan fingerprint density at radius 3 is 2.84 bits per heavy atom. The van der Waals surface area contributed by atoms with E-state index in [1.165, 1.54) is 0 Å². The minimum absolute atomic E-state index is 0.269. The SMILES string of the molecule is CCOC(=O)[C@@H](C)Nc1ccc2c(c1)OCCCO2. The Kier molecular flexibility index (Phi) is 4.49. The molecule has 1 heterocycles. The lowest BCUT2D eigenvalue weighted by Crippen LogP contribution is -2.28. The Balaban J connectivity index is 2.05. The van der Waals surface area contributed by atoms with Gasteiger partial charge in [-0.15, -0.1) is 0 Å². The standard InChI is InChI=1S/C14H19NO4/c1-3-17-14(16)10(2)15-11-5-6-12-13(9-11)19-8-4-7-18-12/h5-6,9-10,15H,3-4,7-8H2,1-2H3/t10-/m1/s1. The molecule has 5 nitrogen and oxygen atoms in total. The van der Waals surface area contributed by atoms with Crippen molar-refractivity contribution < 1.29 is 19.0 Å². The fourth-order valence-corrected chi connectivity index (χ4v) is 1.83. The molecule has 0 radical (unpaired) electrons. The van der Waals surface area contributed by atoms with Crippen LogP contribution in [0, 0.1) is 0 Å². The normalized spacial score (nSPS) is 15.3. The zero-order valence-electron chi connectivity index (χ0n) is 11.3. The molecule has 0 fully saturated rings. The molecular weight excluding hydrogens is 246 g/mol. The lowest BCUT2D eigenvalue weighted by Gasteiger charge is -2.15. The van der Waals surface area contributed by atoms with E-state index in [2.05, 4.69) is 5.32 Å². The average molecular weight is 265 g/mol. The quantitative estimate of drug-likeness (QED) is 0.846. The third-order valence-electron chi connectivity index (χ3n) is 2.77. The van der Waals surface area contributed by atoms with Crippen molar-refractivity contribution in [2.45, 2.75) is 26.3 Å². The van der Waals surface area contributed by atoms with E-state index in [4.69, 9.17) is 14.2 Å². The summed E-state index contributed by atoms with van der Waals surface area (Å²) in [6.07, 6.45) is 0.872. The Morgan fingerprint density at radius 2 is 2.11 bits per heavy atom. The van der Waals surface area contributed by atoms with Gasteiger partial charge in [0.2, 0.25) is 0 Å². The van der Waals surface area contributed by atoms with Crippen molar-refractivity contribution in [2.24, 2.45) is 0 Å². The summed E-state index contributed by atoms with van der Waals surface area (Å²) in [6.45, 7) is 5.24. The number of carbonyl (C=O) groups excluding carboxylic acids is 1. The molecule has 1 aromatic rings. The van der Waals surface area contributed by atoms with Gasteiger partial charge in [0.05, 0.1) is 19.8 Å². The van der Waals surface area contributed by atoms with E-state index >= 15 is 0 Å². The van der Waals surface area contributed by atoms with Crippen LogP contribution in [0.25, 0.3) is 0 Å². The molecule has 1 aliphatic rings. The maximum atomic E-state index is 11.6. The first-order chi connectivity index (χ1) is 9.20. The smallest absolute Gasteiger partial charge is 0.328 e. The van der Waals surface area contributed by atoms with E-state index in [-0.39, 0.29) is 5.97 Å². The van der Waals surface area contributed by atoms with Gasteiger partial charge in [-0.2, -0.15) is 0 Å². The summed E-state index contributed by atoms with van der Waals surface area (Å²) in [7, 11) is 0. The maximum absolute atomic E-state index is 11.6. The number of anilines is 1. The van der Waals surface area contributed by atoms with Gasteiger partial charge in [0.1, 0.15) is 6.04 Å². The number of hydrogen-bond donors (Lipinski definition) is 1. The van der Waals surface area contributed by atoms with Crippen LogP contribution in [0.5, 0.6) is 11.5 Å². The molecule has 1 aliphatic heterocycles. The van der Waals surface area contributed by atoms with Crippen LogP contribution in [-0.4, -0.2) is 31.8 Å². The summed E-state index contributed by atoms with van der Waals surface area (Å²) in [6, 6.07) is 5.16. The van der Waals surface area contributed by atoms with Gasteiger partial charge in [0.15, 0.2) is 11.5 Å². The molecule has 0 spiro atoms. The van der Waals surface area contributed by atoms with E-state index in [0.717, 1.165) is 17.9 Å². The predicted octanol–water partition coefficient (Wildman–Crippen LogP) is 2.21. The fraction of sp³-hybridized carbons (Fsp3) is 0.500. The van der Waals surface area contributed by atoms with Crippen LogP contribution in [-0.2, 0) is 9.53 Å². The summed E-state index contributed by atoms with van der Waals surface area (Å²) < 4.78 is 16.1. The molecule has 0 unspecified atom stereocenters. The summed E-state index contributed by atoms with van der Waals surface area (Å²) in [5.41, 5.74) is 0.810. The molecular formula is C14H19NO4. The first-order valence-electron chi connectivity index (χ1n) is 6.53. The number of fused-ring (bicyclic) bond motifs is 1. The van der Waals surface area contributed by atoms with Crippen molar-refractivity contribution in [1.29, 1.82) is 0 Å². The van der Waals surface area contributed by atoms with Crippen LogP contribution in [0.3, 0.4) is 0 Å². The Labute approximate surface area is 112 Å². The molecule has 19 heavy (non-hydrogen) atoms. The van der Waals surface area contributed by atoms with Crippen LogP contribution < -0.4 is 14.8 Å². The van der Waals surface area contributed by atoms with Crippen LogP contribution >= 0.6 is 0 Å². The van der Waals surface area contributed by atoms with Crippen LogP contribution in [0.15, 0.2) is 18.2 Å². The molecule has 104 valence electrons. The topological polar surface area (TPSA) is 56.8 Å². The van der Waals surface area contributed by atoms with Crippen LogP contribution in [0.2, 0.25) is 0 Å². The lowest BCUT2D eigenvalue weighted by molar-refractivity contribution is -0.143. The molecule has 0 saturated heterocycles. The second-order valence-corrected chi connectivity index (χ2v) is 4.33. The minimum Gasteiger partial charge on any atom is -0.490 e. The highest BCUT2D eigenvalue weighted by atomic mass is 16.5. The summed E-state index contributed by atoms with van der Waals surface area (Å²) in [5.74, 6) is 1.18. The molecule has 0 aromatic heterocycles. The Bertz CT molecular complexity index is 447. The summed E-state index contributed by atoms with van der Waals surface area (Å²) in [5, 5.41) is 3.09. The largest absolute Gasteiger partial charge is 0.490 e. The van der Waals surface area contributed by atoms with E-state index in [9.17, 15) is 4.79 Å². The molecule has 0 saturated carbocycles. The third kappa shape index (κ3) is 3.53. The highest BCUT2D eigenvalue weighted by molar-refractivity contribution is 5.79. The zero-order chi connectivity index (χ0) is 13.7. The van der Waals surface area contributed by atoms with Crippen LogP contribution in [0.1, 0.15) is 20.3 Å². The molecule has 5 heteroatoms. The second kappa shape index (κ2) is 6.31. The molecule has 1 N–H and O–H groups in total. The van der Waals surface area contributed by atoms with Gasteiger partial charge in [0, 0.05) is 18.2 Å². The monoisotopic (exact) mass is 265 g/mol. The zero-order valence-corrected chi connectivity index (χ0v) is 11.3. The van der Waals surface area contributed by atoms with Gasteiger partial charge < -0.3 is 19.5 Å². The van der Waals surface area contributed by atoms with Crippen molar-refractivity contribution in [2.75, 3.05) is 25.1 Å². The Morgan fingerprint density at radius 1 is 1.37 bits per heavy atom. The molecule has 1 aromatic carbocycles. The molecule has 2 rings (SSSR count).